The quantitative estimate of drug-likeness (QED) is 0.643. The van der Waals surface area contributed by atoms with Gasteiger partial charge in [0.15, 0.2) is 0 Å². The molecule has 0 aliphatic heterocycles. The Balaban J connectivity index is 0. The molecule has 0 spiro atoms. The highest BCUT2D eigenvalue weighted by molar-refractivity contribution is 4.30. The molecule has 0 saturated heterocycles. The molecule has 0 radical (unpaired) electrons. The van der Waals surface area contributed by atoms with Gasteiger partial charge in [0, 0.05) is 0 Å². The normalized spacial score (nSPS) is 12.0. The molecule has 3 nitrogen and oxygen atoms in total. The van der Waals surface area contributed by atoms with Crippen molar-refractivity contribution >= 4 is 0 Å². The highest BCUT2D eigenvalue weighted by atomic mass is 19.4. The molecule has 9 heteroatoms. The smallest absolute Gasteiger partial charge is 0.394 e. The maximum absolute atomic E-state index is 10.6. The van der Waals surface area contributed by atoms with Gasteiger partial charge in [-0.25, -0.2) is 0 Å². The lowest BCUT2D eigenvalue weighted by Crippen LogP contribution is -2.25. The Hall–Kier alpha value is -0.540. The molecule has 0 unspecified atom stereocenters. The molecule has 0 aromatic carbocycles. The Morgan fingerprint density at radius 3 is 1.00 bits per heavy atom. The van der Waals surface area contributed by atoms with Crippen LogP contribution in [0.3, 0.4) is 0 Å². The van der Waals surface area contributed by atoms with Gasteiger partial charge in [0.1, 0.15) is 0 Å². The SMILES string of the molecule is FC(F)(F)OC(F)(F)F.OCCO. The van der Waals surface area contributed by atoms with Crippen LogP contribution in [0.1, 0.15) is 0 Å². The van der Waals surface area contributed by atoms with Crippen molar-refractivity contribution in [3.05, 3.63) is 0 Å². The summed E-state index contributed by atoms with van der Waals surface area (Å²) in [6.07, 6.45) is -11.3. The zero-order chi connectivity index (χ0) is 11.1. The third-order valence-electron chi connectivity index (χ3n) is 0.331. The van der Waals surface area contributed by atoms with E-state index in [4.69, 9.17) is 10.2 Å². The van der Waals surface area contributed by atoms with Gasteiger partial charge in [0.05, 0.1) is 13.2 Å². The van der Waals surface area contributed by atoms with Gasteiger partial charge in [-0.15, -0.1) is 26.3 Å². The number of aliphatic hydroxyl groups excluding tert-OH is 2. The van der Waals surface area contributed by atoms with E-state index in [1.807, 2.05) is 0 Å². The molecule has 0 aromatic rings. The molecule has 0 amide bonds. The fourth-order valence-electron chi connectivity index (χ4n) is 0.131. The zero-order valence-corrected chi connectivity index (χ0v) is 5.98. The van der Waals surface area contributed by atoms with E-state index in [-0.39, 0.29) is 13.2 Å². The predicted octanol–water partition coefficient (Wildman–Crippen LogP) is 1.01. The average Bonchev–Trinajstić information content (AvgIpc) is 1.80. The van der Waals surface area contributed by atoms with Crippen LogP contribution in [0.4, 0.5) is 26.3 Å². The van der Waals surface area contributed by atoms with E-state index in [0.717, 1.165) is 0 Å². The fraction of sp³-hybridized carbons (Fsp3) is 1.00. The van der Waals surface area contributed by atoms with Crippen LogP contribution < -0.4 is 0 Å². The minimum absolute atomic E-state index is 0.125. The minimum Gasteiger partial charge on any atom is -0.394 e. The third-order valence-corrected chi connectivity index (χ3v) is 0.331. The highest BCUT2D eigenvalue weighted by Gasteiger charge is 2.45. The summed E-state index contributed by atoms with van der Waals surface area (Å²) in [6.45, 7) is -0.250. The standard InChI is InChI=1S/C2F6O.C2H6O2/c3-1(4,5)9-2(6,7)8;3-1-2-4/h;3-4H,1-2H2. The monoisotopic (exact) mass is 216 g/mol. The van der Waals surface area contributed by atoms with Crippen LogP contribution in [-0.4, -0.2) is 36.2 Å². The van der Waals surface area contributed by atoms with E-state index in [0.29, 0.717) is 0 Å². The van der Waals surface area contributed by atoms with Crippen molar-refractivity contribution in [2.24, 2.45) is 0 Å². The summed E-state index contributed by atoms with van der Waals surface area (Å²) in [7, 11) is 0. The molecule has 13 heavy (non-hydrogen) atoms. The van der Waals surface area contributed by atoms with E-state index in [1.54, 1.807) is 4.74 Å². The molecule has 0 rings (SSSR count). The lowest BCUT2D eigenvalue weighted by molar-refractivity contribution is -0.463. The number of alkyl halides is 6. The minimum atomic E-state index is -5.64. The summed E-state index contributed by atoms with van der Waals surface area (Å²) in [6, 6.07) is 0. The van der Waals surface area contributed by atoms with Crippen LogP contribution in [0.15, 0.2) is 0 Å². The van der Waals surface area contributed by atoms with Gasteiger partial charge in [-0.1, -0.05) is 0 Å². The molecule has 0 bridgehead atoms. The first-order valence-electron chi connectivity index (χ1n) is 2.67. The van der Waals surface area contributed by atoms with Gasteiger partial charge >= 0.3 is 12.7 Å². The first-order chi connectivity index (χ1) is 5.62. The Bertz CT molecular complexity index is 104. The molecule has 0 heterocycles. The van der Waals surface area contributed by atoms with Crippen LogP contribution in [0.25, 0.3) is 0 Å². The van der Waals surface area contributed by atoms with Crippen LogP contribution >= 0.6 is 0 Å². The Morgan fingerprint density at radius 1 is 0.769 bits per heavy atom. The summed E-state index contributed by atoms with van der Waals surface area (Å²) in [5, 5.41) is 15.2. The van der Waals surface area contributed by atoms with Crippen molar-refractivity contribution < 1.29 is 41.3 Å². The second kappa shape index (κ2) is 6.00. The average molecular weight is 216 g/mol. The molecular weight excluding hydrogens is 210 g/mol. The van der Waals surface area contributed by atoms with Crippen LogP contribution in [0.2, 0.25) is 0 Å². The third kappa shape index (κ3) is 24.6. The van der Waals surface area contributed by atoms with Gasteiger partial charge in [0.2, 0.25) is 0 Å². The molecule has 2 N–H and O–H groups in total. The summed E-state index contributed by atoms with van der Waals surface area (Å²) >= 11 is 0. The Kier molecular flexibility index (Phi) is 6.90. The van der Waals surface area contributed by atoms with E-state index in [9.17, 15) is 26.3 Å². The highest BCUT2D eigenvalue weighted by Crippen LogP contribution is 2.28. The number of halogens is 6. The van der Waals surface area contributed by atoms with E-state index in [1.165, 1.54) is 0 Å². The number of rotatable bonds is 1. The van der Waals surface area contributed by atoms with Gasteiger partial charge in [-0.3, -0.25) is 0 Å². The Labute approximate surface area is 68.5 Å². The Morgan fingerprint density at radius 2 is 1.00 bits per heavy atom. The van der Waals surface area contributed by atoms with Crippen molar-refractivity contribution in [1.29, 1.82) is 0 Å². The summed E-state index contributed by atoms with van der Waals surface area (Å²) < 4.78 is 65.3. The maximum atomic E-state index is 10.6. The zero-order valence-electron chi connectivity index (χ0n) is 5.98. The maximum Gasteiger partial charge on any atom is 0.529 e. The van der Waals surface area contributed by atoms with Crippen molar-refractivity contribution in [2.75, 3.05) is 13.2 Å². The van der Waals surface area contributed by atoms with Crippen molar-refractivity contribution in [1.82, 2.24) is 0 Å². The van der Waals surface area contributed by atoms with E-state index < -0.39 is 12.7 Å². The van der Waals surface area contributed by atoms with E-state index >= 15 is 0 Å². The van der Waals surface area contributed by atoms with Crippen LogP contribution in [0.5, 0.6) is 0 Å². The van der Waals surface area contributed by atoms with Crippen molar-refractivity contribution in [3.8, 4) is 0 Å². The predicted molar refractivity (Wildman–Crippen MR) is 27.4 cm³/mol. The van der Waals surface area contributed by atoms with Crippen molar-refractivity contribution in [3.63, 3.8) is 0 Å². The molecule has 0 aliphatic rings. The first kappa shape index (κ1) is 15.0. The number of hydrogen-bond donors (Lipinski definition) is 2. The number of aliphatic hydroxyl groups is 2. The second-order valence-corrected chi connectivity index (χ2v) is 1.44. The molecule has 0 atom stereocenters. The summed E-state index contributed by atoms with van der Waals surface area (Å²) in [5.74, 6) is 0. The number of ether oxygens (including phenoxy) is 1. The lowest BCUT2D eigenvalue weighted by Gasteiger charge is -2.08. The van der Waals surface area contributed by atoms with E-state index in [2.05, 4.69) is 0 Å². The van der Waals surface area contributed by atoms with Gasteiger partial charge in [0.25, 0.3) is 0 Å². The first-order valence-corrected chi connectivity index (χ1v) is 2.67. The van der Waals surface area contributed by atoms with Gasteiger partial charge < -0.3 is 10.2 Å². The summed E-state index contributed by atoms with van der Waals surface area (Å²) in [5.41, 5.74) is 0. The molecule has 0 aliphatic carbocycles. The molecular formula is C4H6F6O3. The van der Waals surface area contributed by atoms with Crippen LogP contribution in [-0.2, 0) is 4.74 Å². The second-order valence-electron chi connectivity index (χ2n) is 1.44. The van der Waals surface area contributed by atoms with Gasteiger partial charge in [-0.2, -0.15) is 4.74 Å². The largest absolute Gasteiger partial charge is 0.529 e. The molecule has 0 fully saturated rings. The summed E-state index contributed by atoms with van der Waals surface area (Å²) in [4.78, 5) is 0. The van der Waals surface area contributed by atoms with Crippen molar-refractivity contribution in [2.45, 2.75) is 12.7 Å². The topological polar surface area (TPSA) is 49.7 Å². The lowest BCUT2D eigenvalue weighted by atomic mass is 10.8. The molecule has 82 valence electrons. The number of hydrogen-bond acceptors (Lipinski definition) is 3. The van der Waals surface area contributed by atoms with Gasteiger partial charge in [-0.05, 0) is 0 Å². The van der Waals surface area contributed by atoms with Crippen LogP contribution in [0, 0.1) is 0 Å². The fourth-order valence-corrected chi connectivity index (χ4v) is 0.131. The molecule has 0 aromatic heterocycles. The molecule has 0 saturated carbocycles.